The molecule has 1 aliphatic rings. The lowest BCUT2D eigenvalue weighted by Gasteiger charge is -2.47. The van der Waals surface area contributed by atoms with E-state index in [-0.39, 0.29) is 5.54 Å². The molecular formula is C15H32N2. The van der Waals surface area contributed by atoms with Crippen molar-refractivity contribution >= 4 is 0 Å². The van der Waals surface area contributed by atoms with Crippen molar-refractivity contribution in [2.24, 2.45) is 11.1 Å². The maximum Gasteiger partial charge on any atom is 0.0354 e. The molecule has 0 heterocycles. The zero-order valence-corrected chi connectivity index (χ0v) is 12.6. The Balaban J connectivity index is 2.63. The summed E-state index contributed by atoms with van der Waals surface area (Å²) in [7, 11) is 4.42. The number of nitrogens with two attached hydrogens (primary N) is 1. The van der Waals surface area contributed by atoms with Gasteiger partial charge < -0.3 is 10.6 Å². The molecule has 0 saturated heterocycles. The van der Waals surface area contributed by atoms with Crippen LogP contribution in [0.15, 0.2) is 0 Å². The molecule has 1 fully saturated rings. The molecule has 17 heavy (non-hydrogen) atoms. The van der Waals surface area contributed by atoms with Crippen molar-refractivity contribution in [2.45, 2.75) is 77.3 Å². The molecule has 102 valence electrons. The van der Waals surface area contributed by atoms with Crippen LogP contribution < -0.4 is 5.73 Å². The molecular weight excluding hydrogens is 208 g/mol. The van der Waals surface area contributed by atoms with Crippen molar-refractivity contribution in [3.63, 3.8) is 0 Å². The Morgan fingerprint density at radius 3 is 2.06 bits per heavy atom. The fraction of sp³-hybridized carbons (Fsp3) is 1.00. The van der Waals surface area contributed by atoms with Gasteiger partial charge in [0.25, 0.3) is 0 Å². The normalized spacial score (nSPS) is 22.8. The van der Waals surface area contributed by atoms with Gasteiger partial charge in [0.15, 0.2) is 0 Å². The first-order valence-corrected chi connectivity index (χ1v) is 7.21. The van der Waals surface area contributed by atoms with E-state index in [1.165, 1.54) is 38.5 Å². The molecule has 0 bridgehead atoms. The van der Waals surface area contributed by atoms with Crippen molar-refractivity contribution in [2.75, 3.05) is 14.1 Å². The summed E-state index contributed by atoms with van der Waals surface area (Å²) in [6, 6.07) is 0.331. The SMILES string of the molecule is CN(C)C1(C(N)CCC(C)(C)C)CCCCC1. The van der Waals surface area contributed by atoms with E-state index in [1.807, 2.05) is 0 Å². The van der Waals surface area contributed by atoms with Crippen molar-refractivity contribution in [1.82, 2.24) is 4.90 Å². The predicted molar refractivity (Wildman–Crippen MR) is 76.2 cm³/mol. The molecule has 0 aromatic carbocycles. The molecule has 1 atom stereocenters. The Hall–Kier alpha value is -0.0800. The van der Waals surface area contributed by atoms with E-state index in [0.29, 0.717) is 11.5 Å². The monoisotopic (exact) mass is 240 g/mol. The largest absolute Gasteiger partial charge is 0.326 e. The van der Waals surface area contributed by atoms with Crippen LogP contribution >= 0.6 is 0 Å². The van der Waals surface area contributed by atoms with E-state index < -0.39 is 0 Å². The van der Waals surface area contributed by atoms with E-state index in [0.717, 1.165) is 6.42 Å². The molecule has 0 radical (unpaired) electrons. The zero-order chi connectivity index (χ0) is 13.1. The molecule has 2 nitrogen and oxygen atoms in total. The highest BCUT2D eigenvalue weighted by molar-refractivity contribution is 4.99. The van der Waals surface area contributed by atoms with Crippen LogP contribution in [0.2, 0.25) is 0 Å². The summed E-state index contributed by atoms with van der Waals surface area (Å²) in [5.74, 6) is 0. The lowest BCUT2D eigenvalue weighted by Crippen LogP contribution is -2.58. The maximum atomic E-state index is 6.55. The van der Waals surface area contributed by atoms with Crippen molar-refractivity contribution in [3.05, 3.63) is 0 Å². The predicted octanol–water partition coefficient (Wildman–Crippen LogP) is 3.40. The van der Waals surface area contributed by atoms with Gasteiger partial charge in [0, 0.05) is 11.6 Å². The molecule has 0 aromatic rings. The van der Waals surface area contributed by atoms with Crippen LogP contribution in [0, 0.1) is 5.41 Å². The molecule has 1 unspecified atom stereocenters. The summed E-state index contributed by atoms with van der Waals surface area (Å²) in [5.41, 5.74) is 7.22. The van der Waals surface area contributed by atoms with Crippen molar-refractivity contribution in [3.8, 4) is 0 Å². The van der Waals surface area contributed by atoms with Crippen LogP contribution in [0.5, 0.6) is 0 Å². The third kappa shape index (κ3) is 3.96. The molecule has 0 aromatic heterocycles. The average molecular weight is 240 g/mol. The molecule has 0 spiro atoms. The minimum atomic E-state index is 0.267. The molecule has 2 N–H and O–H groups in total. The number of hydrogen-bond acceptors (Lipinski definition) is 2. The van der Waals surface area contributed by atoms with Crippen molar-refractivity contribution in [1.29, 1.82) is 0 Å². The van der Waals surface area contributed by atoms with Crippen LogP contribution in [0.3, 0.4) is 0 Å². The number of likely N-dealkylation sites (N-methyl/N-ethyl adjacent to an activating group) is 1. The Labute approximate surface area is 108 Å². The highest BCUT2D eigenvalue weighted by Crippen LogP contribution is 2.37. The minimum Gasteiger partial charge on any atom is -0.326 e. The van der Waals surface area contributed by atoms with Gasteiger partial charge in [-0.15, -0.1) is 0 Å². The zero-order valence-electron chi connectivity index (χ0n) is 12.6. The smallest absolute Gasteiger partial charge is 0.0354 e. The first kappa shape index (κ1) is 15.0. The number of rotatable bonds is 4. The first-order valence-electron chi connectivity index (χ1n) is 7.21. The number of hydrogen-bond donors (Lipinski definition) is 1. The Morgan fingerprint density at radius 2 is 1.65 bits per heavy atom. The van der Waals surface area contributed by atoms with Gasteiger partial charge in [-0.3, -0.25) is 0 Å². The fourth-order valence-corrected chi connectivity index (χ4v) is 3.17. The van der Waals surface area contributed by atoms with Crippen LogP contribution in [-0.2, 0) is 0 Å². The van der Waals surface area contributed by atoms with Gasteiger partial charge in [0.05, 0.1) is 0 Å². The molecule has 0 aliphatic heterocycles. The minimum absolute atomic E-state index is 0.267. The lowest BCUT2D eigenvalue weighted by atomic mass is 9.73. The summed E-state index contributed by atoms with van der Waals surface area (Å²) in [6.45, 7) is 6.93. The van der Waals surface area contributed by atoms with E-state index in [4.69, 9.17) is 5.73 Å². The standard InChI is InChI=1S/C15H32N2/c1-14(2,3)12-9-13(16)15(17(4)5)10-7-6-8-11-15/h13H,6-12,16H2,1-5H3. The lowest BCUT2D eigenvalue weighted by molar-refractivity contribution is 0.0641. The van der Waals surface area contributed by atoms with Gasteiger partial charge in [-0.1, -0.05) is 40.0 Å². The topological polar surface area (TPSA) is 29.3 Å². The number of nitrogens with zero attached hydrogens (tertiary/aromatic N) is 1. The van der Waals surface area contributed by atoms with Crippen molar-refractivity contribution < 1.29 is 0 Å². The summed E-state index contributed by atoms with van der Waals surface area (Å²) >= 11 is 0. The van der Waals surface area contributed by atoms with E-state index in [1.54, 1.807) is 0 Å². The quantitative estimate of drug-likeness (QED) is 0.816. The van der Waals surface area contributed by atoms with Gasteiger partial charge in [-0.25, -0.2) is 0 Å². The molecule has 2 heteroatoms. The summed E-state index contributed by atoms with van der Waals surface area (Å²) in [4.78, 5) is 2.40. The van der Waals surface area contributed by atoms with Gasteiger partial charge in [0.2, 0.25) is 0 Å². The van der Waals surface area contributed by atoms with Crippen LogP contribution in [0.25, 0.3) is 0 Å². The first-order chi connectivity index (χ1) is 7.78. The van der Waals surface area contributed by atoms with Gasteiger partial charge in [-0.2, -0.15) is 0 Å². The highest BCUT2D eigenvalue weighted by Gasteiger charge is 2.39. The van der Waals surface area contributed by atoms with Gasteiger partial charge in [-0.05, 0) is 45.2 Å². The van der Waals surface area contributed by atoms with Crippen LogP contribution in [-0.4, -0.2) is 30.6 Å². The average Bonchev–Trinajstić information content (AvgIpc) is 2.25. The Bertz CT molecular complexity index is 222. The van der Waals surface area contributed by atoms with Gasteiger partial charge >= 0.3 is 0 Å². The second-order valence-corrected chi connectivity index (χ2v) is 7.26. The third-order valence-corrected chi connectivity index (χ3v) is 4.51. The fourth-order valence-electron chi connectivity index (χ4n) is 3.17. The second-order valence-electron chi connectivity index (χ2n) is 7.26. The molecule has 1 rings (SSSR count). The molecule has 1 saturated carbocycles. The van der Waals surface area contributed by atoms with Gasteiger partial charge in [0.1, 0.15) is 0 Å². The van der Waals surface area contributed by atoms with Crippen LogP contribution in [0.1, 0.15) is 65.7 Å². The molecule has 0 amide bonds. The summed E-state index contributed by atoms with van der Waals surface area (Å²) < 4.78 is 0. The summed E-state index contributed by atoms with van der Waals surface area (Å²) in [5, 5.41) is 0. The maximum absolute atomic E-state index is 6.55. The second kappa shape index (κ2) is 5.71. The molecule has 1 aliphatic carbocycles. The Morgan fingerprint density at radius 1 is 1.12 bits per heavy atom. The van der Waals surface area contributed by atoms with E-state index >= 15 is 0 Å². The van der Waals surface area contributed by atoms with E-state index in [9.17, 15) is 0 Å². The summed E-state index contributed by atoms with van der Waals surface area (Å²) in [6.07, 6.45) is 9.03. The third-order valence-electron chi connectivity index (χ3n) is 4.51. The van der Waals surface area contributed by atoms with E-state index in [2.05, 4.69) is 39.8 Å². The van der Waals surface area contributed by atoms with Crippen LogP contribution in [0.4, 0.5) is 0 Å². The Kier molecular flexibility index (Phi) is 5.03. The highest BCUT2D eigenvalue weighted by atomic mass is 15.2.